The van der Waals surface area contributed by atoms with E-state index in [0.29, 0.717) is 11.8 Å². The van der Waals surface area contributed by atoms with Gasteiger partial charge in [0, 0.05) is 18.2 Å². The fourth-order valence-corrected chi connectivity index (χ4v) is 2.06. The molecule has 1 amide bonds. The highest BCUT2D eigenvalue weighted by molar-refractivity contribution is 6.00. The number of ether oxygens (including phenoxy) is 1. The van der Waals surface area contributed by atoms with E-state index < -0.39 is 30.1 Å². The van der Waals surface area contributed by atoms with Crippen LogP contribution < -0.4 is 5.32 Å². The Bertz CT molecular complexity index is 829. The molecule has 0 aliphatic rings. The molecule has 0 unspecified atom stereocenters. The Balaban J connectivity index is 1.98. The van der Waals surface area contributed by atoms with Crippen LogP contribution in [0, 0.1) is 0 Å². The zero-order valence-corrected chi connectivity index (χ0v) is 13.6. The van der Waals surface area contributed by atoms with Crippen LogP contribution in [0.3, 0.4) is 0 Å². The molecule has 5 nitrogen and oxygen atoms in total. The quantitative estimate of drug-likeness (QED) is 0.648. The van der Waals surface area contributed by atoms with Crippen LogP contribution in [-0.2, 0) is 15.7 Å². The third-order valence-corrected chi connectivity index (χ3v) is 3.29. The van der Waals surface area contributed by atoms with Crippen LogP contribution in [0.5, 0.6) is 0 Å². The third-order valence-electron chi connectivity index (χ3n) is 3.29. The number of halogens is 3. The second kappa shape index (κ2) is 7.81. The number of alkyl halides is 3. The lowest BCUT2D eigenvalue weighted by Gasteiger charge is -2.09. The summed E-state index contributed by atoms with van der Waals surface area (Å²) in [6, 6.07) is 9.63. The second-order valence-electron chi connectivity index (χ2n) is 5.34. The lowest BCUT2D eigenvalue weighted by atomic mass is 10.1. The van der Waals surface area contributed by atoms with Gasteiger partial charge < -0.3 is 10.1 Å². The molecule has 0 fully saturated rings. The molecule has 0 radical (unpaired) electrons. The topological polar surface area (TPSA) is 72.5 Å². The number of carbonyl (C=O) groups excluding carboxylic acids is 3. The molecule has 0 aromatic heterocycles. The minimum atomic E-state index is -4.58. The maximum absolute atomic E-state index is 12.6. The Labute approximate surface area is 146 Å². The molecule has 0 spiro atoms. The van der Waals surface area contributed by atoms with Crippen LogP contribution in [-0.4, -0.2) is 24.3 Å². The van der Waals surface area contributed by atoms with Gasteiger partial charge in [0.05, 0.1) is 11.1 Å². The Kier molecular flexibility index (Phi) is 5.76. The molecule has 0 aliphatic heterocycles. The minimum absolute atomic E-state index is 0.232. The summed E-state index contributed by atoms with van der Waals surface area (Å²) in [6.07, 6.45) is -4.58. The summed E-state index contributed by atoms with van der Waals surface area (Å²) in [4.78, 5) is 34.8. The van der Waals surface area contributed by atoms with E-state index >= 15 is 0 Å². The van der Waals surface area contributed by atoms with Gasteiger partial charge in [0.15, 0.2) is 12.4 Å². The number of Topliss-reactive ketones (excluding diaryl/α,β-unsaturated/α-hetero) is 1. The number of esters is 1. The molecular weight excluding hydrogens is 351 g/mol. The first kappa shape index (κ1) is 19.2. The molecule has 2 aromatic carbocycles. The molecule has 0 heterocycles. The summed E-state index contributed by atoms with van der Waals surface area (Å²) in [7, 11) is 0. The van der Waals surface area contributed by atoms with Crippen molar-refractivity contribution < 1.29 is 32.3 Å². The van der Waals surface area contributed by atoms with Crippen molar-refractivity contribution in [2.24, 2.45) is 0 Å². The van der Waals surface area contributed by atoms with Crippen molar-refractivity contribution in [3.8, 4) is 0 Å². The lowest BCUT2D eigenvalue weighted by molar-refractivity contribution is -0.137. The molecule has 0 bridgehead atoms. The van der Waals surface area contributed by atoms with Crippen molar-refractivity contribution in [3.05, 3.63) is 65.2 Å². The zero-order valence-electron chi connectivity index (χ0n) is 13.6. The Morgan fingerprint density at radius 1 is 1.00 bits per heavy atom. The van der Waals surface area contributed by atoms with Gasteiger partial charge in [-0.05, 0) is 42.5 Å². The average molecular weight is 365 g/mol. The summed E-state index contributed by atoms with van der Waals surface area (Å²) in [5.41, 5.74) is -0.550. The molecule has 0 saturated heterocycles. The number of amides is 1. The zero-order chi connectivity index (χ0) is 19.3. The third kappa shape index (κ3) is 5.17. The summed E-state index contributed by atoms with van der Waals surface area (Å²) in [5, 5.41) is 2.53. The van der Waals surface area contributed by atoms with E-state index in [2.05, 4.69) is 5.32 Å². The summed E-state index contributed by atoms with van der Waals surface area (Å²) < 4.78 is 42.7. The maximum atomic E-state index is 12.6. The number of ketones is 1. The van der Waals surface area contributed by atoms with Crippen LogP contribution in [0.25, 0.3) is 0 Å². The van der Waals surface area contributed by atoms with Crippen LogP contribution in [0.15, 0.2) is 48.5 Å². The van der Waals surface area contributed by atoms with Crippen molar-refractivity contribution in [3.63, 3.8) is 0 Å². The van der Waals surface area contributed by atoms with E-state index in [1.165, 1.54) is 37.3 Å². The van der Waals surface area contributed by atoms with Crippen LogP contribution in [0.4, 0.5) is 18.9 Å². The number of carbonyl (C=O) groups is 3. The van der Waals surface area contributed by atoms with Crippen molar-refractivity contribution >= 4 is 23.3 Å². The molecule has 0 atom stereocenters. The van der Waals surface area contributed by atoms with Crippen LogP contribution >= 0.6 is 0 Å². The molecule has 0 saturated carbocycles. The monoisotopic (exact) mass is 365 g/mol. The van der Waals surface area contributed by atoms with E-state index in [1.54, 1.807) is 0 Å². The number of hydrogen-bond acceptors (Lipinski definition) is 4. The molecule has 2 aromatic rings. The highest BCUT2D eigenvalue weighted by Crippen LogP contribution is 2.29. The number of hydrogen-bond donors (Lipinski definition) is 1. The predicted octanol–water partition coefficient (Wildman–Crippen LogP) is 3.70. The molecule has 1 N–H and O–H groups in total. The van der Waals surface area contributed by atoms with Crippen molar-refractivity contribution in [1.82, 2.24) is 0 Å². The van der Waals surface area contributed by atoms with Gasteiger partial charge in [0.25, 0.3) is 0 Å². The largest absolute Gasteiger partial charge is 0.454 e. The summed E-state index contributed by atoms with van der Waals surface area (Å²) in [5.74, 6) is -1.82. The number of nitrogens with one attached hydrogen (secondary N) is 1. The van der Waals surface area contributed by atoms with Crippen LogP contribution in [0.2, 0.25) is 0 Å². The maximum Gasteiger partial charge on any atom is 0.416 e. The predicted molar refractivity (Wildman–Crippen MR) is 86.8 cm³/mol. The van der Waals surface area contributed by atoms with E-state index in [4.69, 9.17) is 4.74 Å². The van der Waals surface area contributed by atoms with Gasteiger partial charge in [-0.25, -0.2) is 4.79 Å². The van der Waals surface area contributed by atoms with Crippen molar-refractivity contribution in [2.45, 2.75) is 13.1 Å². The molecule has 136 valence electrons. The molecule has 2 rings (SSSR count). The Morgan fingerprint density at radius 3 is 2.23 bits per heavy atom. The highest BCUT2D eigenvalue weighted by atomic mass is 19.4. The minimum Gasteiger partial charge on any atom is -0.454 e. The lowest BCUT2D eigenvalue weighted by Crippen LogP contribution is -2.15. The Morgan fingerprint density at radius 2 is 1.65 bits per heavy atom. The number of benzene rings is 2. The normalized spacial score (nSPS) is 10.9. The highest BCUT2D eigenvalue weighted by Gasteiger charge is 2.31. The standard InChI is InChI=1S/C18H14F3NO4/c1-11(23)22-15-7-5-12(6-8-15)16(24)10-26-17(25)13-3-2-4-14(9-13)18(19,20)21/h2-9H,10H2,1H3,(H,22,23). The van der Waals surface area contributed by atoms with Gasteiger partial charge in [-0.3, -0.25) is 9.59 Å². The summed E-state index contributed by atoms with van der Waals surface area (Å²) in [6.45, 7) is 0.723. The first-order valence-electron chi connectivity index (χ1n) is 7.42. The van der Waals surface area contributed by atoms with E-state index in [1.807, 2.05) is 0 Å². The van der Waals surface area contributed by atoms with Gasteiger partial charge in [-0.2, -0.15) is 13.2 Å². The number of rotatable bonds is 5. The van der Waals surface area contributed by atoms with E-state index in [-0.39, 0.29) is 17.0 Å². The van der Waals surface area contributed by atoms with E-state index in [9.17, 15) is 27.6 Å². The fraction of sp³-hybridized carbons (Fsp3) is 0.167. The van der Waals surface area contributed by atoms with Crippen molar-refractivity contribution in [1.29, 1.82) is 0 Å². The molecular formula is C18H14F3NO4. The first-order valence-corrected chi connectivity index (χ1v) is 7.42. The molecule has 0 aliphatic carbocycles. The van der Waals surface area contributed by atoms with Gasteiger partial charge in [-0.15, -0.1) is 0 Å². The fourth-order valence-electron chi connectivity index (χ4n) is 2.06. The van der Waals surface area contributed by atoms with Crippen LogP contribution in [0.1, 0.15) is 33.2 Å². The second-order valence-corrected chi connectivity index (χ2v) is 5.34. The first-order chi connectivity index (χ1) is 12.2. The average Bonchev–Trinajstić information content (AvgIpc) is 2.59. The Hall–Kier alpha value is -3.16. The van der Waals surface area contributed by atoms with Gasteiger partial charge in [-0.1, -0.05) is 6.07 Å². The molecule has 26 heavy (non-hydrogen) atoms. The summed E-state index contributed by atoms with van der Waals surface area (Å²) >= 11 is 0. The van der Waals surface area contributed by atoms with Gasteiger partial charge in [0.2, 0.25) is 5.91 Å². The van der Waals surface area contributed by atoms with Gasteiger partial charge in [0.1, 0.15) is 0 Å². The smallest absolute Gasteiger partial charge is 0.416 e. The van der Waals surface area contributed by atoms with Crippen molar-refractivity contribution in [2.75, 3.05) is 11.9 Å². The van der Waals surface area contributed by atoms with E-state index in [0.717, 1.165) is 12.1 Å². The number of anilines is 1. The SMILES string of the molecule is CC(=O)Nc1ccc(C(=O)COC(=O)c2cccc(C(F)(F)F)c2)cc1. The molecule has 8 heteroatoms. The van der Waals surface area contributed by atoms with Gasteiger partial charge >= 0.3 is 12.1 Å².